The molecule has 2 heterocycles. The summed E-state index contributed by atoms with van der Waals surface area (Å²) < 4.78 is 0. The maximum Gasteiger partial charge on any atom is 0.323 e. The molecule has 7 nitrogen and oxygen atoms in total. The van der Waals surface area contributed by atoms with E-state index in [0.717, 1.165) is 25.7 Å². The number of hydrogen-bond acceptors (Lipinski definition) is 3. The monoisotopic (exact) mass is 408 g/mol. The van der Waals surface area contributed by atoms with Gasteiger partial charge in [0.2, 0.25) is 11.8 Å². The van der Waals surface area contributed by atoms with Gasteiger partial charge in [-0.25, -0.2) is 4.79 Å². The van der Waals surface area contributed by atoms with Gasteiger partial charge in [0.05, 0.1) is 16.4 Å². The number of carbonyl (C=O) groups excluding carboxylic acids is 2. The Hall–Kier alpha value is -2.57. The Balaban J connectivity index is 1.21. The van der Waals surface area contributed by atoms with Crippen LogP contribution < -0.4 is 11.0 Å². The molecule has 30 heavy (non-hydrogen) atoms. The smallest absolute Gasteiger partial charge is 0.323 e. The quantitative estimate of drug-likeness (QED) is 0.728. The Morgan fingerprint density at radius 2 is 1.67 bits per heavy atom. The number of H-pyrrole nitrogens is 2. The van der Waals surface area contributed by atoms with Gasteiger partial charge in [-0.3, -0.25) is 9.59 Å². The molecule has 7 rings (SSSR count). The maximum atomic E-state index is 13.7. The molecule has 7 heteroatoms. The van der Waals surface area contributed by atoms with Crippen molar-refractivity contribution >= 4 is 28.5 Å². The first kappa shape index (κ1) is 18.2. The van der Waals surface area contributed by atoms with Crippen LogP contribution in [-0.4, -0.2) is 39.3 Å². The van der Waals surface area contributed by atoms with Gasteiger partial charge in [0.1, 0.15) is 6.04 Å². The standard InChI is InChI=1S/C23H28N4O3/c28-20(24-16-3-4-17-18(9-16)26-22(30)25-17)19-2-1-5-27(19)21(29)23-10-13-6-14(11-23)8-15(7-13)12-23/h3-4,9,13-15,19H,1-2,5-8,10-12H2,(H,24,28)(H2,25,26,30). The first-order valence-electron chi connectivity index (χ1n) is 11.3. The van der Waals surface area contributed by atoms with Crippen molar-refractivity contribution in [3.8, 4) is 0 Å². The SMILES string of the molecule is O=C(Nc1ccc2[nH]c(=O)[nH]c2c1)C1CCCN1C(=O)C12CC3CC(CC(C3)C1)C2. The first-order chi connectivity index (χ1) is 14.5. The number of fused-ring (bicyclic) bond motifs is 1. The largest absolute Gasteiger partial charge is 0.330 e. The Labute approximate surface area is 174 Å². The van der Waals surface area contributed by atoms with Gasteiger partial charge >= 0.3 is 5.69 Å². The number of nitrogens with one attached hydrogen (secondary N) is 3. The number of likely N-dealkylation sites (tertiary alicyclic amines) is 1. The molecule has 0 radical (unpaired) electrons. The molecule has 1 aromatic carbocycles. The second-order valence-electron chi connectivity index (χ2n) is 10.2. The molecule has 3 N–H and O–H groups in total. The van der Waals surface area contributed by atoms with E-state index >= 15 is 0 Å². The van der Waals surface area contributed by atoms with Gasteiger partial charge < -0.3 is 20.2 Å². The van der Waals surface area contributed by atoms with Gasteiger partial charge in [0.15, 0.2) is 0 Å². The summed E-state index contributed by atoms with van der Waals surface area (Å²) in [5.74, 6) is 2.26. The van der Waals surface area contributed by atoms with Crippen molar-refractivity contribution < 1.29 is 9.59 Å². The minimum atomic E-state index is -0.397. The van der Waals surface area contributed by atoms with Crippen LogP contribution in [0.3, 0.4) is 0 Å². The Kier molecular flexibility index (Phi) is 3.92. The fourth-order valence-electron chi connectivity index (χ4n) is 7.30. The van der Waals surface area contributed by atoms with Crippen LogP contribution in [0.25, 0.3) is 11.0 Å². The molecule has 1 aliphatic heterocycles. The fraction of sp³-hybridized carbons (Fsp3) is 0.609. The normalized spacial score (nSPS) is 34.6. The van der Waals surface area contributed by atoms with Gasteiger partial charge in [-0.05, 0) is 87.3 Å². The molecule has 1 aromatic heterocycles. The Morgan fingerprint density at radius 3 is 2.37 bits per heavy atom. The lowest BCUT2D eigenvalue weighted by Gasteiger charge is -2.56. The van der Waals surface area contributed by atoms with Crippen LogP contribution >= 0.6 is 0 Å². The van der Waals surface area contributed by atoms with Crippen molar-refractivity contribution in [3.63, 3.8) is 0 Å². The number of rotatable bonds is 3. The van der Waals surface area contributed by atoms with E-state index in [1.807, 2.05) is 4.90 Å². The average Bonchev–Trinajstić information content (AvgIpc) is 3.31. The highest BCUT2D eigenvalue weighted by atomic mass is 16.2. The molecule has 2 amide bonds. The van der Waals surface area contributed by atoms with E-state index in [1.165, 1.54) is 19.3 Å². The zero-order valence-electron chi connectivity index (χ0n) is 17.1. The van der Waals surface area contributed by atoms with Crippen molar-refractivity contribution in [3.05, 3.63) is 28.7 Å². The van der Waals surface area contributed by atoms with Gasteiger partial charge in [-0.2, -0.15) is 0 Å². The van der Waals surface area contributed by atoms with Crippen LogP contribution in [0, 0.1) is 23.2 Å². The van der Waals surface area contributed by atoms with Crippen molar-refractivity contribution in [2.24, 2.45) is 23.2 Å². The van der Waals surface area contributed by atoms with E-state index in [2.05, 4.69) is 15.3 Å². The number of hydrogen-bond donors (Lipinski definition) is 3. The third kappa shape index (κ3) is 2.81. The van der Waals surface area contributed by atoms with E-state index in [-0.39, 0.29) is 22.9 Å². The van der Waals surface area contributed by atoms with E-state index in [4.69, 9.17) is 0 Å². The van der Waals surface area contributed by atoms with Crippen LogP contribution in [0.1, 0.15) is 51.4 Å². The molecule has 5 aliphatic rings. The summed E-state index contributed by atoms with van der Waals surface area (Å²) in [5.41, 5.74) is 1.53. The van der Waals surface area contributed by atoms with E-state index < -0.39 is 6.04 Å². The molecular formula is C23H28N4O3. The predicted molar refractivity (Wildman–Crippen MR) is 113 cm³/mol. The summed E-state index contributed by atoms with van der Waals surface area (Å²) in [6.07, 6.45) is 8.59. The lowest BCUT2D eigenvalue weighted by molar-refractivity contribution is -0.160. The lowest BCUT2D eigenvalue weighted by atomic mass is 9.49. The summed E-state index contributed by atoms with van der Waals surface area (Å²) in [6.45, 7) is 0.683. The third-order valence-corrected chi connectivity index (χ3v) is 8.09. The molecule has 4 aliphatic carbocycles. The number of amides is 2. The topological polar surface area (TPSA) is 98.1 Å². The maximum absolute atomic E-state index is 13.7. The Bertz CT molecular complexity index is 1050. The summed E-state index contributed by atoms with van der Waals surface area (Å²) >= 11 is 0. The molecule has 5 fully saturated rings. The second-order valence-corrected chi connectivity index (χ2v) is 10.2. The molecule has 4 bridgehead atoms. The number of benzene rings is 1. The molecule has 1 unspecified atom stereocenters. The van der Waals surface area contributed by atoms with E-state index in [1.54, 1.807) is 18.2 Å². The van der Waals surface area contributed by atoms with Gasteiger partial charge in [-0.15, -0.1) is 0 Å². The van der Waals surface area contributed by atoms with Gasteiger partial charge in [0.25, 0.3) is 0 Å². The molecule has 158 valence electrons. The third-order valence-electron chi connectivity index (χ3n) is 8.09. The predicted octanol–water partition coefficient (Wildman–Crippen LogP) is 3.00. The summed E-state index contributed by atoms with van der Waals surface area (Å²) in [7, 11) is 0. The highest BCUT2D eigenvalue weighted by Gasteiger charge is 2.56. The van der Waals surface area contributed by atoms with E-state index in [0.29, 0.717) is 47.4 Å². The highest BCUT2D eigenvalue weighted by Crippen LogP contribution is 2.60. The number of aromatic amines is 2. The minimum absolute atomic E-state index is 0.122. The highest BCUT2D eigenvalue weighted by molar-refractivity contribution is 5.99. The average molecular weight is 409 g/mol. The number of carbonyl (C=O) groups is 2. The van der Waals surface area contributed by atoms with Gasteiger partial charge in [0, 0.05) is 12.2 Å². The number of anilines is 1. The first-order valence-corrected chi connectivity index (χ1v) is 11.3. The van der Waals surface area contributed by atoms with Crippen LogP contribution in [0.5, 0.6) is 0 Å². The van der Waals surface area contributed by atoms with E-state index in [9.17, 15) is 14.4 Å². The molecule has 1 saturated heterocycles. The number of imidazole rings is 1. The second kappa shape index (κ2) is 6.46. The van der Waals surface area contributed by atoms with Crippen molar-refractivity contribution in [2.45, 2.75) is 57.4 Å². The zero-order chi connectivity index (χ0) is 20.5. The van der Waals surface area contributed by atoms with Crippen molar-refractivity contribution in [1.82, 2.24) is 14.9 Å². The summed E-state index contributed by atoms with van der Waals surface area (Å²) in [5, 5.41) is 2.98. The molecule has 4 saturated carbocycles. The number of nitrogens with zero attached hydrogens (tertiary/aromatic N) is 1. The Morgan fingerprint density at radius 1 is 1.00 bits per heavy atom. The van der Waals surface area contributed by atoms with Crippen LogP contribution in [0.15, 0.2) is 23.0 Å². The zero-order valence-corrected chi connectivity index (χ0v) is 17.1. The summed E-state index contributed by atoms with van der Waals surface area (Å²) in [6, 6.07) is 4.91. The number of aromatic nitrogens is 2. The fourth-order valence-corrected chi connectivity index (χ4v) is 7.30. The van der Waals surface area contributed by atoms with Crippen molar-refractivity contribution in [1.29, 1.82) is 0 Å². The lowest BCUT2D eigenvalue weighted by Crippen LogP contribution is -2.56. The molecule has 1 atom stereocenters. The van der Waals surface area contributed by atoms with Crippen molar-refractivity contribution in [2.75, 3.05) is 11.9 Å². The van der Waals surface area contributed by atoms with Crippen LogP contribution in [0.4, 0.5) is 5.69 Å². The molecule has 2 aromatic rings. The minimum Gasteiger partial charge on any atom is -0.330 e. The summed E-state index contributed by atoms with van der Waals surface area (Å²) in [4.78, 5) is 45.6. The van der Waals surface area contributed by atoms with Crippen LogP contribution in [-0.2, 0) is 9.59 Å². The van der Waals surface area contributed by atoms with Gasteiger partial charge in [-0.1, -0.05) is 0 Å². The molecular weight excluding hydrogens is 380 g/mol. The van der Waals surface area contributed by atoms with Crippen LogP contribution in [0.2, 0.25) is 0 Å². The molecule has 0 spiro atoms.